The number of imidazole rings is 1. The number of para-hydroxylation sites is 2. The fourth-order valence-corrected chi connectivity index (χ4v) is 3.88. The molecule has 1 fully saturated rings. The number of hydrogen-bond donors (Lipinski definition) is 2. The number of aromatic amines is 1. The Morgan fingerprint density at radius 1 is 1.30 bits per heavy atom. The van der Waals surface area contributed by atoms with Crippen LogP contribution in [0.15, 0.2) is 24.3 Å². The third-order valence-electron chi connectivity index (χ3n) is 5.82. The number of aromatic nitrogens is 6. The van der Waals surface area contributed by atoms with Crippen molar-refractivity contribution in [3.8, 4) is 0 Å². The van der Waals surface area contributed by atoms with Crippen LogP contribution in [-0.2, 0) is 17.9 Å². The molecule has 1 atom stereocenters. The van der Waals surface area contributed by atoms with E-state index in [2.05, 4.69) is 42.6 Å². The average Bonchev–Trinajstić information content (AvgIpc) is 3.36. The molecule has 1 unspecified atom stereocenters. The second-order valence-electron chi connectivity index (χ2n) is 8.31. The normalized spacial score (nSPS) is 16.7. The minimum atomic E-state index is -0.171. The number of benzene rings is 1. The number of nitrogens with one attached hydrogen (secondary N) is 2. The van der Waals surface area contributed by atoms with E-state index in [1.165, 1.54) is 12.8 Å². The Bertz CT molecular complexity index is 939. The first-order valence-corrected chi connectivity index (χ1v) is 10.8. The first-order valence-electron chi connectivity index (χ1n) is 10.8. The lowest BCUT2D eigenvalue weighted by Gasteiger charge is -2.29. The second-order valence-corrected chi connectivity index (χ2v) is 8.31. The quantitative estimate of drug-likeness (QED) is 0.591. The van der Waals surface area contributed by atoms with Gasteiger partial charge in [0.1, 0.15) is 5.82 Å². The summed E-state index contributed by atoms with van der Waals surface area (Å²) in [6.07, 6.45) is 3.56. The lowest BCUT2D eigenvalue weighted by molar-refractivity contribution is -0.121. The minimum absolute atomic E-state index is 0.00241. The zero-order valence-corrected chi connectivity index (χ0v) is 17.7. The maximum atomic E-state index is 12.4. The molecule has 3 aromatic rings. The summed E-state index contributed by atoms with van der Waals surface area (Å²) < 4.78 is 1.83. The number of carbonyl (C=O) groups excluding carboxylic acids is 1. The van der Waals surface area contributed by atoms with Gasteiger partial charge in [0.2, 0.25) is 5.91 Å². The molecule has 1 saturated heterocycles. The fourth-order valence-electron chi connectivity index (χ4n) is 3.88. The summed E-state index contributed by atoms with van der Waals surface area (Å²) in [5.74, 6) is 2.45. The molecule has 0 aliphatic carbocycles. The largest absolute Gasteiger partial charge is 0.346 e. The van der Waals surface area contributed by atoms with Gasteiger partial charge in [-0.2, -0.15) is 0 Å². The number of tetrazole rings is 1. The van der Waals surface area contributed by atoms with Crippen LogP contribution in [0.5, 0.6) is 0 Å². The first-order chi connectivity index (χ1) is 14.6. The fraction of sp³-hybridized carbons (Fsp3) is 0.571. The average molecular weight is 411 g/mol. The molecule has 0 spiro atoms. The van der Waals surface area contributed by atoms with Gasteiger partial charge in [-0.05, 0) is 67.8 Å². The van der Waals surface area contributed by atoms with E-state index in [4.69, 9.17) is 0 Å². The topological polar surface area (TPSA) is 105 Å². The zero-order valence-electron chi connectivity index (χ0n) is 17.7. The van der Waals surface area contributed by atoms with E-state index in [9.17, 15) is 4.79 Å². The molecule has 0 saturated carbocycles. The van der Waals surface area contributed by atoms with E-state index in [1.807, 2.05) is 35.9 Å². The molecule has 3 heterocycles. The zero-order chi connectivity index (χ0) is 20.9. The van der Waals surface area contributed by atoms with Crippen LogP contribution < -0.4 is 5.32 Å². The highest BCUT2D eigenvalue weighted by molar-refractivity contribution is 5.77. The van der Waals surface area contributed by atoms with Gasteiger partial charge in [-0.1, -0.05) is 19.1 Å². The van der Waals surface area contributed by atoms with Gasteiger partial charge >= 0.3 is 0 Å². The standard InChI is InChI=1S/C21H30N8O/c1-15-9-12-28(13-10-15)14-19-25-26-27-29(19)11-5-8-20(30)22-16(2)21-23-17-6-3-4-7-18(17)24-21/h3-4,6-7,15-16H,5,8-14H2,1-2H3,(H,22,30)(H,23,24). The van der Waals surface area contributed by atoms with Crippen LogP contribution in [-0.4, -0.2) is 54.1 Å². The number of amides is 1. The highest BCUT2D eigenvalue weighted by Gasteiger charge is 2.19. The summed E-state index contributed by atoms with van der Waals surface area (Å²) in [6.45, 7) is 7.84. The van der Waals surface area contributed by atoms with Gasteiger partial charge in [0.15, 0.2) is 5.82 Å². The van der Waals surface area contributed by atoms with E-state index in [-0.39, 0.29) is 11.9 Å². The third-order valence-corrected chi connectivity index (χ3v) is 5.82. The molecule has 1 aliphatic heterocycles. The lowest BCUT2D eigenvalue weighted by Crippen LogP contribution is -2.33. The van der Waals surface area contributed by atoms with Crippen molar-refractivity contribution in [1.29, 1.82) is 0 Å². The van der Waals surface area contributed by atoms with Crippen LogP contribution >= 0.6 is 0 Å². The van der Waals surface area contributed by atoms with Gasteiger partial charge in [-0.3, -0.25) is 9.69 Å². The molecule has 4 rings (SSSR count). The highest BCUT2D eigenvalue weighted by atomic mass is 16.1. The minimum Gasteiger partial charge on any atom is -0.346 e. The molecule has 9 heteroatoms. The number of likely N-dealkylation sites (tertiary alicyclic amines) is 1. The maximum Gasteiger partial charge on any atom is 0.220 e. The van der Waals surface area contributed by atoms with Crippen LogP contribution in [0.25, 0.3) is 11.0 Å². The van der Waals surface area contributed by atoms with Crippen molar-refractivity contribution in [2.24, 2.45) is 5.92 Å². The smallest absolute Gasteiger partial charge is 0.220 e. The number of rotatable bonds is 8. The van der Waals surface area contributed by atoms with E-state index >= 15 is 0 Å². The van der Waals surface area contributed by atoms with Crippen LogP contribution in [0.3, 0.4) is 0 Å². The number of fused-ring (bicyclic) bond motifs is 1. The molecule has 0 radical (unpaired) electrons. The predicted octanol–water partition coefficient (Wildman–Crippen LogP) is 2.44. The molecular weight excluding hydrogens is 380 g/mol. The van der Waals surface area contributed by atoms with E-state index in [1.54, 1.807) is 0 Å². The molecule has 9 nitrogen and oxygen atoms in total. The number of piperidine rings is 1. The Hall–Kier alpha value is -2.81. The van der Waals surface area contributed by atoms with Gasteiger partial charge < -0.3 is 10.3 Å². The van der Waals surface area contributed by atoms with Crippen LogP contribution in [0.1, 0.15) is 57.2 Å². The lowest BCUT2D eigenvalue weighted by atomic mass is 9.99. The Morgan fingerprint density at radius 2 is 2.10 bits per heavy atom. The van der Waals surface area contributed by atoms with Gasteiger partial charge in [0, 0.05) is 13.0 Å². The number of carbonyl (C=O) groups is 1. The van der Waals surface area contributed by atoms with Gasteiger partial charge in [-0.25, -0.2) is 9.67 Å². The van der Waals surface area contributed by atoms with Crippen molar-refractivity contribution in [3.63, 3.8) is 0 Å². The molecule has 1 aliphatic rings. The number of aryl methyl sites for hydroxylation is 1. The first kappa shape index (κ1) is 20.5. The number of H-pyrrole nitrogens is 1. The van der Waals surface area contributed by atoms with Crippen molar-refractivity contribution >= 4 is 16.9 Å². The Morgan fingerprint density at radius 3 is 2.90 bits per heavy atom. The second kappa shape index (κ2) is 9.34. The maximum absolute atomic E-state index is 12.4. The molecular formula is C21H30N8O. The summed E-state index contributed by atoms with van der Waals surface area (Å²) in [7, 11) is 0. The van der Waals surface area contributed by atoms with Crippen molar-refractivity contribution in [3.05, 3.63) is 35.9 Å². The summed E-state index contributed by atoms with van der Waals surface area (Å²) in [5.41, 5.74) is 1.88. The summed E-state index contributed by atoms with van der Waals surface area (Å²) in [4.78, 5) is 22.6. The molecule has 1 amide bonds. The van der Waals surface area contributed by atoms with Crippen molar-refractivity contribution in [2.45, 2.75) is 58.7 Å². The number of hydrogen-bond acceptors (Lipinski definition) is 6. The molecule has 0 bridgehead atoms. The van der Waals surface area contributed by atoms with Crippen molar-refractivity contribution in [2.75, 3.05) is 13.1 Å². The summed E-state index contributed by atoms with van der Waals surface area (Å²) in [6, 6.07) is 7.68. The Kier molecular flexibility index (Phi) is 6.37. The van der Waals surface area contributed by atoms with Crippen LogP contribution in [0, 0.1) is 5.92 Å². The number of nitrogens with zero attached hydrogens (tertiary/aromatic N) is 6. The SMILES string of the molecule is CC1CCN(Cc2nnnn2CCCC(=O)NC(C)c2nc3ccccc3[nH]2)CC1. The molecule has 2 aromatic heterocycles. The van der Waals surface area contributed by atoms with Gasteiger partial charge in [-0.15, -0.1) is 5.10 Å². The van der Waals surface area contributed by atoms with E-state index in [0.717, 1.165) is 48.2 Å². The van der Waals surface area contributed by atoms with Crippen LogP contribution in [0.2, 0.25) is 0 Å². The highest BCUT2D eigenvalue weighted by Crippen LogP contribution is 2.18. The summed E-state index contributed by atoms with van der Waals surface area (Å²) >= 11 is 0. The van der Waals surface area contributed by atoms with Crippen molar-refractivity contribution < 1.29 is 4.79 Å². The molecule has 160 valence electrons. The van der Waals surface area contributed by atoms with E-state index in [0.29, 0.717) is 19.4 Å². The third kappa shape index (κ3) is 5.02. The Balaban J connectivity index is 1.23. The summed E-state index contributed by atoms with van der Waals surface area (Å²) in [5, 5.41) is 15.1. The van der Waals surface area contributed by atoms with Crippen LogP contribution in [0.4, 0.5) is 0 Å². The molecule has 1 aromatic carbocycles. The monoisotopic (exact) mass is 410 g/mol. The molecule has 30 heavy (non-hydrogen) atoms. The predicted molar refractivity (Wildman–Crippen MR) is 113 cm³/mol. The van der Waals surface area contributed by atoms with Gasteiger partial charge in [0.05, 0.1) is 23.6 Å². The van der Waals surface area contributed by atoms with E-state index < -0.39 is 0 Å². The van der Waals surface area contributed by atoms with Gasteiger partial charge in [0.25, 0.3) is 0 Å². The Labute approximate surface area is 176 Å². The molecule has 2 N–H and O–H groups in total. The van der Waals surface area contributed by atoms with Crippen molar-refractivity contribution in [1.82, 2.24) is 40.4 Å².